The van der Waals surface area contributed by atoms with Crippen molar-refractivity contribution in [3.63, 3.8) is 0 Å². The van der Waals surface area contributed by atoms with Crippen molar-refractivity contribution in [2.45, 2.75) is 71.6 Å². The monoisotopic (exact) mass is 974 g/mol. The van der Waals surface area contributed by atoms with E-state index in [1.807, 2.05) is 52.0 Å². The minimum atomic E-state index is -1.18. The van der Waals surface area contributed by atoms with E-state index in [2.05, 4.69) is 0 Å². The van der Waals surface area contributed by atoms with Gasteiger partial charge < -0.3 is 10.2 Å². The molecule has 11 rings (SSSR count). The number of aromatic carboxylic acids is 2. The Morgan fingerprint density at radius 3 is 0.863 bits per heavy atom. The molecule has 0 unspecified atom stereocenters. The molecule has 16 heteroatoms. The van der Waals surface area contributed by atoms with Crippen LogP contribution in [0, 0.1) is 27.7 Å². The van der Waals surface area contributed by atoms with Gasteiger partial charge in [0.05, 0.1) is 77.0 Å². The lowest BCUT2D eigenvalue weighted by molar-refractivity contribution is 0.0686. The van der Waals surface area contributed by atoms with Crippen molar-refractivity contribution in [2.75, 3.05) is 0 Å². The molecular weight excluding hydrogens is 933 g/mol. The van der Waals surface area contributed by atoms with Gasteiger partial charge in [0.25, 0.3) is 44.5 Å². The Morgan fingerprint density at radius 2 is 0.616 bits per heavy atom. The SMILES string of the molecule is Cc1cc(C2(c3cc(C)c(-n4c(=O)c5cc6c(=O)n(-c7ccc(C(=O)O)cc7)c(=O)c6cc5c4=O)c(C)c3)CCCCCC2)cc(C)c1-n1c(=O)c2cc3c(=O)n(-c4ccc(C(=O)O)cc4)c(=O)c3cc2c1=O. The van der Waals surface area contributed by atoms with Gasteiger partial charge in [0, 0.05) is 5.41 Å². The standard InChI is InChI=1S/C57H42N4O12/c1-27-19-33(20-28(2)45(27)60-51(66)41-23-37-38(24-42(41)52(60)67)48(63)58(47(37)62)35-13-9-31(10-14-35)55(70)71)57(17-7-5-6-8-18-57)34-21-29(3)46(30(4)22-34)61-53(68)43-25-39-40(26-44(43)54(61)69)50(65)59(49(39)64)36-15-11-32(12-16-36)56(72)73/h9-16,19-26H,5-8,17-18H2,1-4H3,(H,70,71)(H,72,73). The van der Waals surface area contributed by atoms with E-state index >= 15 is 0 Å². The summed E-state index contributed by atoms with van der Waals surface area (Å²) < 4.78 is 3.96. The van der Waals surface area contributed by atoms with Gasteiger partial charge in [0.15, 0.2) is 0 Å². The van der Waals surface area contributed by atoms with Crippen LogP contribution in [0.4, 0.5) is 0 Å². The Kier molecular flexibility index (Phi) is 10.4. The zero-order valence-corrected chi connectivity index (χ0v) is 39.7. The fraction of sp³-hybridized carbons (Fsp3) is 0.193. The largest absolute Gasteiger partial charge is 0.478 e. The first-order valence-electron chi connectivity index (χ1n) is 23.6. The molecule has 10 aromatic rings. The second kappa shape index (κ2) is 16.4. The van der Waals surface area contributed by atoms with Gasteiger partial charge in [0.1, 0.15) is 0 Å². The Balaban J connectivity index is 0.993. The minimum Gasteiger partial charge on any atom is -0.478 e. The number of hydrogen-bond donors (Lipinski definition) is 2. The van der Waals surface area contributed by atoms with Gasteiger partial charge in [-0.2, -0.15) is 0 Å². The summed E-state index contributed by atoms with van der Waals surface area (Å²) >= 11 is 0. The molecule has 0 spiro atoms. The lowest BCUT2D eigenvalue weighted by Gasteiger charge is -2.36. The van der Waals surface area contributed by atoms with Crippen molar-refractivity contribution in [3.8, 4) is 22.7 Å². The number of hydrogen-bond acceptors (Lipinski definition) is 10. The quantitative estimate of drug-likeness (QED) is 0.158. The van der Waals surface area contributed by atoms with Gasteiger partial charge in [-0.05, 0) is 147 Å². The molecule has 4 heterocycles. The summed E-state index contributed by atoms with van der Waals surface area (Å²) in [7, 11) is 0. The highest BCUT2D eigenvalue weighted by Crippen LogP contribution is 2.46. The number of aryl methyl sites for hydroxylation is 4. The summed E-state index contributed by atoms with van der Waals surface area (Å²) in [5.74, 6) is -2.35. The van der Waals surface area contributed by atoms with Gasteiger partial charge in [-0.15, -0.1) is 0 Å². The number of benzene rings is 6. The van der Waals surface area contributed by atoms with Crippen LogP contribution in [-0.2, 0) is 5.41 Å². The first-order chi connectivity index (χ1) is 34.8. The van der Waals surface area contributed by atoms with E-state index in [4.69, 9.17) is 0 Å². The second-order valence-electron chi connectivity index (χ2n) is 19.3. The van der Waals surface area contributed by atoms with E-state index in [-0.39, 0.29) is 65.6 Å². The Morgan fingerprint density at radius 1 is 0.370 bits per heavy atom. The lowest BCUT2D eigenvalue weighted by Crippen LogP contribution is -2.30. The highest BCUT2D eigenvalue weighted by atomic mass is 16.4. The van der Waals surface area contributed by atoms with Crippen LogP contribution in [0.2, 0.25) is 0 Å². The van der Waals surface area contributed by atoms with Crippen molar-refractivity contribution < 1.29 is 19.8 Å². The summed E-state index contributed by atoms with van der Waals surface area (Å²) in [5, 5.41) is 18.3. The first kappa shape index (κ1) is 46.2. The van der Waals surface area contributed by atoms with Crippen molar-refractivity contribution in [1.82, 2.24) is 18.3 Å². The van der Waals surface area contributed by atoms with Crippen molar-refractivity contribution in [1.29, 1.82) is 0 Å². The molecule has 6 aromatic carbocycles. The van der Waals surface area contributed by atoms with Crippen molar-refractivity contribution >= 4 is 55.0 Å². The predicted octanol–water partition coefficient (Wildman–Crippen LogP) is 6.37. The molecule has 1 aliphatic carbocycles. The smallest absolute Gasteiger partial charge is 0.335 e. The number of nitrogens with zero attached hydrogens (tertiary/aromatic N) is 4. The third-order valence-corrected chi connectivity index (χ3v) is 15.0. The molecule has 4 aromatic heterocycles. The Labute approximate surface area is 410 Å². The van der Waals surface area contributed by atoms with E-state index in [1.54, 1.807) is 0 Å². The third kappa shape index (κ3) is 6.73. The van der Waals surface area contributed by atoms with Crippen LogP contribution in [-0.4, -0.2) is 40.4 Å². The van der Waals surface area contributed by atoms with Crippen molar-refractivity contribution in [2.24, 2.45) is 0 Å². The van der Waals surface area contributed by atoms with Crippen LogP contribution in [0.3, 0.4) is 0 Å². The van der Waals surface area contributed by atoms with Gasteiger partial charge in [0.2, 0.25) is 0 Å². The molecule has 362 valence electrons. The van der Waals surface area contributed by atoms with Crippen LogP contribution in [0.15, 0.2) is 135 Å². The molecule has 0 radical (unpaired) electrons. The van der Waals surface area contributed by atoms with Crippen LogP contribution in [0.25, 0.3) is 65.8 Å². The molecule has 1 fully saturated rings. The number of fused-ring (bicyclic) bond motifs is 4. The summed E-state index contributed by atoms with van der Waals surface area (Å²) in [5.41, 5.74) is -0.587. The predicted molar refractivity (Wildman–Crippen MR) is 276 cm³/mol. The number of aromatic nitrogens is 4. The maximum absolute atomic E-state index is 14.3. The number of carbonyl (C=O) groups is 2. The minimum absolute atomic E-state index is 0.0278. The molecule has 0 bridgehead atoms. The highest BCUT2D eigenvalue weighted by molar-refractivity contribution is 6.00. The molecule has 0 saturated heterocycles. The van der Waals surface area contributed by atoms with E-state index < -0.39 is 61.8 Å². The molecule has 2 N–H and O–H groups in total. The molecule has 16 nitrogen and oxygen atoms in total. The third-order valence-electron chi connectivity index (χ3n) is 15.0. The van der Waals surface area contributed by atoms with E-state index in [1.165, 1.54) is 72.8 Å². The maximum Gasteiger partial charge on any atom is 0.335 e. The van der Waals surface area contributed by atoms with E-state index in [9.17, 15) is 58.2 Å². The second-order valence-corrected chi connectivity index (χ2v) is 19.3. The normalized spacial score (nSPS) is 13.9. The molecule has 73 heavy (non-hydrogen) atoms. The molecule has 1 saturated carbocycles. The fourth-order valence-corrected chi connectivity index (χ4v) is 11.6. The van der Waals surface area contributed by atoms with Crippen LogP contribution < -0.4 is 44.5 Å². The lowest BCUT2D eigenvalue weighted by atomic mass is 9.68. The number of rotatable bonds is 8. The highest BCUT2D eigenvalue weighted by Gasteiger charge is 2.37. The molecule has 1 aliphatic rings. The molecule has 0 amide bonds. The fourth-order valence-electron chi connectivity index (χ4n) is 11.6. The zero-order chi connectivity index (χ0) is 51.7. The van der Waals surface area contributed by atoms with Crippen LogP contribution in [0.5, 0.6) is 0 Å². The molecule has 0 atom stereocenters. The van der Waals surface area contributed by atoms with E-state index in [0.29, 0.717) is 33.6 Å². The van der Waals surface area contributed by atoms with Gasteiger partial charge in [-0.1, -0.05) is 49.9 Å². The number of carboxylic acids is 2. The van der Waals surface area contributed by atoms with Crippen LogP contribution in [0.1, 0.15) is 92.6 Å². The zero-order valence-electron chi connectivity index (χ0n) is 39.7. The number of carboxylic acid groups (broad SMARTS) is 2. The summed E-state index contributed by atoms with van der Waals surface area (Å²) in [4.78, 5) is 135. The average Bonchev–Trinajstić information content (AvgIpc) is 3.83. The molecule has 0 aliphatic heterocycles. The first-order valence-corrected chi connectivity index (χ1v) is 23.6. The Bertz CT molecular complexity index is 4060. The summed E-state index contributed by atoms with van der Waals surface area (Å²) in [6.07, 6.45) is 5.32. The van der Waals surface area contributed by atoms with Gasteiger partial charge in [-0.25, -0.2) is 27.9 Å². The maximum atomic E-state index is 14.3. The Hall–Kier alpha value is -9.18. The van der Waals surface area contributed by atoms with Crippen LogP contribution >= 0.6 is 0 Å². The van der Waals surface area contributed by atoms with Gasteiger partial charge >= 0.3 is 11.9 Å². The summed E-state index contributed by atoms with van der Waals surface area (Å²) in [6.45, 7) is 7.31. The topological polar surface area (TPSA) is 231 Å². The average molecular weight is 975 g/mol. The van der Waals surface area contributed by atoms with E-state index in [0.717, 1.165) is 67.9 Å². The van der Waals surface area contributed by atoms with Gasteiger partial charge in [-0.3, -0.25) is 38.4 Å². The van der Waals surface area contributed by atoms with Crippen molar-refractivity contribution in [3.05, 3.63) is 224 Å². The molecular formula is C57H42N4O12. The summed E-state index contributed by atoms with van der Waals surface area (Å²) in [6, 6.07) is 23.5.